The zero-order valence-corrected chi connectivity index (χ0v) is 26.0. The number of halogens is 6. The van der Waals surface area contributed by atoms with Crippen molar-refractivity contribution in [2.45, 2.75) is 63.8 Å². The van der Waals surface area contributed by atoms with Crippen LogP contribution in [0.1, 0.15) is 50.6 Å². The molecule has 0 aliphatic rings. The topological polar surface area (TPSA) is 115 Å². The van der Waals surface area contributed by atoms with Crippen molar-refractivity contribution < 1.29 is 45.0 Å². The molecule has 10 nitrogen and oxygen atoms in total. The van der Waals surface area contributed by atoms with E-state index in [0.717, 1.165) is 0 Å². The molecular formula is C30H36F6N6O4. The molecule has 0 spiro atoms. The molecule has 0 fully saturated rings. The van der Waals surface area contributed by atoms with Gasteiger partial charge in [-0.05, 0) is 52.3 Å². The van der Waals surface area contributed by atoms with Crippen LogP contribution in [0.3, 0.4) is 0 Å². The molecular weight excluding hydrogens is 622 g/mol. The number of rotatable bonds is 13. The summed E-state index contributed by atoms with van der Waals surface area (Å²) in [5.74, 6) is -2.31. The first kappa shape index (κ1) is 36.3. The van der Waals surface area contributed by atoms with Gasteiger partial charge < -0.3 is 24.1 Å². The molecule has 2 aromatic heterocycles. The number of hydrogen-bond donors (Lipinski definition) is 2. The number of allylic oxidation sites excluding steroid dienone is 1. The van der Waals surface area contributed by atoms with Gasteiger partial charge in [-0.25, -0.2) is 9.78 Å². The number of amides is 1. The number of anilines is 2. The molecule has 1 aromatic carbocycles. The third-order valence-electron chi connectivity index (χ3n) is 6.46. The number of pyridine rings is 1. The summed E-state index contributed by atoms with van der Waals surface area (Å²) in [6.07, 6.45) is -10.8. The van der Waals surface area contributed by atoms with Crippen molar-refractivity contribution in [3.05, 3.63) is 66.1 Å². The van der Waals surface area contributed by atoms with Gasteiger partial charge in [-0.1, -0.05) is 36.4 Å². The summed E-state index contributed by atoms with van der Waals surface area (Å²) in [5.41, 5.74) is -6.08. The summed E-state index contributed by atoms with van der Waals surface area (Å²) in [7, 11) is 2.95. The molecule has 16 heteroatoms. The van der Waals surface area contributed by atoms with E-state index < -0.39 is 77.2 Å². The molecule has 1 atom stereocenters. The molecule has 0 aliphatic carbocycles. The quantitative estimate of drug-likeness (QED) is 0.147. The second-order valence-electron chi connectivity index (χ2n) is 11.2. The van der Waals surface area contributed by atoms with E-state index in [-0.39, 0.29) is 19.5 Å². The predicted octanol–water partition coefficient (Wildman–Crippen LogP) is 7.09. The summed E-state index contributed by atoms with van der Waals surface area (Å²) in [4.78, 5) is 17.9. The minimum Gasteiger partial charge on any atom is -0.444 e. The van der Waals surface area contributed by atoms with Crippen LogP contribution in [0.15, 0.2) is 53.5 Å². The van der Waals surface area contributed by atoms with E-state index in [2.05, 4.69) is 32.4 Å². The van der Waals surface area contributed by atoms with E-state index in [1.165, 1.54) is 38.8 Å². The monoisotopic (exact) mass is 658 g/mol. The second kappa shape index (κ2) is 14.5. The van der Waals surface area contributed by atoms with E-state index in [0.29, 0.717) is 11.6 Å². The number of benzene rings is 1. The van der Waals surface area contributed by atoms with Gasteiger partial charge >= 0.3 is 18.4 Å². The first-order chi connectivity index (χ1) is 21.4. The Labute approximate surface area is 262 Å². The van der Waals surface area contributed by atoms with Crippen molar-refractivity contribution in [1.29, 1.82) is 0 Å². The van der Waals surface area contributed by atoms with Crippen LogP contribution < -0.4 is 15.5 Å². The highest BCUT2D eigenvalue weighted by Gasteiger charge is 2.61. The molecule has 1 unspecified atom stereocenters. The number of nitrogens with one attached hydrogen (secondary N) is 2. The van der Waals surface area contributed by atoms with Crippen LogP contribution in [0.25, 0.3) is 11.6 Å². The average Bonchev–Trinajstić information content (AvgIpc) is 3.44. The van der Waals surface area contributed by atoms with E-state index in [9.17, 15) is 31.1 Å². The van der Waals surface area contributed by atoms with Crippen LogP contribution >= 0.6 is 0 Å². The summed E-state index contributed by atoms with van der Waals surface area (Å²) in [6, 6.07) is 8.67. The third-order valence-corrected chi connectivity index (χ3v) is 6.46. The lowest BCUT2D eigenvalue weighted by Crippen LogP contribution is -2.45. The first-order valence-electron chi connectivity index (χ1n) is 14.1. The second-order valence-corrected chi connectivity index (χ2v) is 11.2. The summed E-state index contributed by atoms with van der Waals surface area (Å²) >= 11 is 0. The molecule has 2 heterocycles. The summed E-state index contributed by atoms with van der Waals surface area (Å²) < 4.78 is 104. The normalized spacial score (nSPS) is 13.6. The molecule has 46 heavy (non-hydrogen) atoms. The fourth-order valence-corrected chi connectivity index (χ4v) is 4.21. The van der Waals surface area contributed by atoms with Crippen LogP contribution in [0.5, 0.6) is 0 Å². The first-order valence-corrected chi connectivity index (χ1v) is 14.1. The minimum atomic E-state index is -5.09. The van der Waals surface area contributed by atoms with Crippen molar-refractivity contribution >= 4 is 17.6 Å². The fourth-order valence-electron chi connectivity index (χ4n) is 4.21. The Bertz CT molecular complexity index is 1470. The molecule has 252 valence electrons. The maximum Gasteiger partial charge on any atom is 0.426 e. The van der Waals surface area contributed by atoms with Crippen molar-refractivity contribution in [3.8, 4) is 11.6 Å². The van der Waals surface area contributed by atoms with Crippen LogP contribution in [0, 0.1) is 0 Å². The van der Waals surface area contributed by atoms with E-state index >= 15 is 0 Å². The number of aromatic nitrogens is 3. The van der Waals surface area contributed by atoms with Gasteiger partial charge in [0, 0.05) is 20.1 Å². The number of alkyl halides is 6. The Kier molecular flexibility index (Phi) is 11.4. The lowest BCUT2D eigenvalue weighted by atomic mass is 9.96. The number of carbonyl (C=O) groups is 1. The molecule has 3 aromatic rings. The third kappa shape index (κ3) is 8.96. The number of nitrogens with zero attached hydrogens (tertiary/aromatic N) is 4. The van der Waals surface area contributed by atoms with E-state index in [4.69, 9.17) is 13.9 Å². The number of carbonyl (C=O) groups excluding carboxylic acids is 1. The van der Waals surface area contributed by atoms with Gasteiger partial charge in [0.15, 0.2) is 5.69 Å². The SMILES string of the molecule is C=CCCC(OCc1ccccc1)(c1nnc(-c2nc(N(C)CCNC)c(C(F)(F)F)cc2NC(=O)OC(C)(C)C)o1)C(F)(F)F. The molecule has 2 N–H and O–H groups in total. The Hall–Kier alpha value is -4.18. The molecule has 3 rings (SSSR count). The fraction of sp³-hybridized carbons (Fsp3) is 0.467. The lowest BCUT2D eigenvalue weighted by Gasteiger charge is -2.32. The molecule has 0 bridgehead atoms. The predicted molar refractivity (Wildman–Crippen MR) is 158 cm³/mol. The standard InChI is InChI=1S/C30H36F6N6O4/c1-7-8-14-28(30(34,35)36,44-18-19-12-10-9-11-13-19)25-41-40-24(45-25)22-21(38-26(43)46-27(2,3)4)17-20(29(31,32)33)23(39-22)42(6)16-15-37-5/h7,9-13,17,37H,1,8,14-16,18H2,2-6H3,(H,38,43). The highest BCUT2D eigenvalue weighted by Crippen LogP contribution is 2.47. The Morgan fingerprint density at radius 1 is 1.09 bits per heavy atom. The Morgan fingerprint density at radius 2 is 1.76 bits per heavy atom. The van der Waals surface area contributed by atoms with Crippen LogP contribution in [0.2, 0.25) is 0 Å². The van der Waals surface area contributed by atoms with Crippen LogP contribution in [-0.2, 0) is 27.9 Å². The van der Waals surface area contributed by atoms with Gasteiger partial charge in [0.2, 0.25) is 5.60 Å². The van der Waals surface area contributed by atoms with Gasteiger partial charge in [-0.3, -0.25) is 5.32 Å². The molecule has 0 aliphatic heterocycles. The molecule has 0 saturated heterocycles. The van der Waals surface area contributed by atoms with Gasteiger partial charge in [0.25, 0.3) is 11.8 Å². The van der Waals surface area contributed by atoms with Gasteiger partial charge in [0.1, 0.15) is 17.0 Å². The van der Waals surface area contributed by atoms with Crippen molar-refractivity contribution in [2.75, 3.05) is 37.4 Å². The number of likely N-dealkylation sites (N-methyl/N-ethyl adjacent to an activating group) is 2. The minimum absolute atomic E-state index is 0.0615. The van der Waals surface area contributed by atoms with E-state index in [1.54, 1.807) is 37.4 Å². The van der Waals surface area contributed by atoms with Crippen molar-refractivity contribution in [2.24, 2.45) is 0 Å². The highest BCUT2D eigenvalue weighted by atomic mass is 19.4. The summed E-state index contributed by atoms with van der Waals surface area (Å²) in [6.45, 7) is 7.94. The maximum absolute atomic E-state index is 14.9. The zero-order valence-electron chi connectivity index (χ0n) is 26.0. The zero-order chi connectivity index (χ0) is 34.3. The largest absolute Gasteiger partial charge is 0.444 e. The van der Waals surface area contributed by atoms with Crippen molar-refractivity contribution in [3.63, 3.8) is 0 Å². The molecule has 0 saturated carbocycles. The number of hydrogen-bond acceptors (Lipinski definition) is 9. The molecule has 0 radical (unpaired) electrons. The smallest absolute Gasteiger partial charge is 0.426 e. The van der Waals surface area contributed by atoms with Gasteiger partial charge in [0.05, 0.1) is 12.3 Å². The van der Waals surface area contributed by atoms with E-state index in [1.807, 2.05) is 0 Å². The summed E-state index contributed by atoms with van der Waals surface area (Å²) in [5, 5.41) is 12.4. The van der Waals surface area contributed by atoms with Gasteiger partial charge in [-0.15, -0.1) is 16.8 Å². The maximum atomic E-state index is 14.9. The Balaban J connectivity index is 2.23. The van der Waals surface area contributed by atoms with Gasteiger partial charge in [-0.2, -0.15) is 26.3 Å². The van der Waals surface area contributed by atoms with Crippen LogP contribution in [0.4, 0.5) is 42.6 Å². The highest BCUT2D eigenvalue weighted by molar-refractivity contribution is 5.90. The van der Waals surface area contributed by atoms with Crippen LogP contribution in [-0.4, -0.2) is 60.2 Å². The molecule has 1 amide bonds. The Morgan fingerprint density at radius 3 is 2.33 bits per heavy atom. The van der Waals surface area contributed by atoms with Crippen molar-refractivity contribution in [1.82, 2.24) is 20.5 Å². The number of ether oxygens (including phenoxy) is 2. The average molecular weight is 659 g/mol. The lowest BCUT2D eigenvalue weighted by molar-refractivity contribution is -0.299.